The van der Waals surface area contributed by atoms with Crippen LogP contribution in [0.4, 0.5) is 4.39 Å². The van der Waals surface area contributed by atoms with Gasteiger partial charge in [0.25, 0.3) is 11.8 Å². The van der Waals surface area contributed by atoms with Crippen LogP contribution < -0.4 is 5.32 Å². The fourth-order valence-corrected chi connectivity index (χ4v) is 2.28. The summed E-state index contributed by atoms with van der Waals surface area (Å²) in [6.45, 7) is 5.11. The van der Waals surface area contributed by atoms with Crippen molar-refractivity contribution < 1.29 is 18.4 Å². The highest BCUT2D eigenvalue weighted by atomic mass is 19.1. The molecule has 0 radical (unpaired) electrons. The monoisotopic (exact) mass is 347 g/mol. The van der Waals surface area contributed by atoms with Crippen molar-refractivity contribution in [3.63, 3.8) is 0 Å². The normalized spacial score (nSPS) is 10.5. The maximum absolute atomic E-state index is 13.0. The van der Waals surface area contributed by atoms with Crippen molar-refractivity contribution in [2.45, 2.75) is 33.2 Å². The van der Waals surface area contributed by atoms with Crippen LogP contribution in [0, 0.1) is 5.82 Å². The molecule has 0 saturated heterocycles. The predicted molar refractivity (Wildman–Crippen MR) is 90.6 cm³/mol. The van der Waals surface area contributed by atoms with E-state index in [2.05, 4.69) is 10.3 Å². The Balaban J connectivity index is 2.08. The third-order valence-corrected chi connectivity index (χ3v) is 3.52. The summed E-state index contributed by atoms with van der Waals surface area (Å²) in [4.78, 5) is 30.2. The number of hydrogen-bond donors (Lipinski definition) is 1. The summed E-state index contributed by atoms with van der Waals surface area (Å²) >= 11 is 0. The highest BCUT2D eigenvalue weighted by Crippen LogP contribution is 2.12. The van der Waals surface area contributed by atoms with Gasteiger partial charge in [0.2, 0.25) is 5.89 Å². The molecule has 134 valence electrons. The molecule has 2 amide bonds. The molecule has 7 heteroatoms. The van der Waals surface area contributed by atoms with Gasteiger partial charge in [-0.15, -0.1) is 0 Å². The lowest BCUT2D eigenvalue weighted by Gasteiger charge is -2.20. The minimum absolute atomic E-state index is 0.144. The molecule has 1 heterocycles. The Kier molecular flexibility index (Phi) is 6.68. The molecule has 0 bridgehead atoms. The summed E-state index contributed by atoms with van der Waals surface area (Å²) in [6, 6.07) is 5.39. The van der Waals surface area contributed by atoms with Crippen LogP contribution in [0.25, 0.3) is 0 Å². The lowest BCUT2D eigenvalue weighted by Crippen LogP contribution is -2.31. The maximum Gasteiger partial charge on any atom is 0.273 e. The van der Waals surface area contributed by atoms with E-state index >= 15 is 0 Å². The number of amides is 2. The van der Waals surface area contributed by atoms with Crippen LogP contribution in [0.15, 0.2) is 34.9 Å². The van der Waals surface area contributed by atoms with E-state index in [0.29, 0.717) is 18.7 Å². The topological polar surface area (TPSA) is 75.4 Å². The highest BCUT2D eigenvalue weighted by molar-refractivity contribution is 5.94. The average Bonchev–Trinajstić information content (AvgIpc) is 3.08. The second kappa shape index (κ2) is 8.96. The second-order valence-corrected chi connectivity index (χ2v) is 5.62. The minimum atomic E-state index is -0.394. The van der Waals surface area contributed by atoms with Gasteiger partial charge in [-0.3, -0.25) is 9.59 Å². The molecular formula is C18H22FN3O3. The average molecular weight is 347 g/mol. The number of nitrogens with one attached hydrogen (secondary N) is 1. The first kappa shape index (κ1) is 18.6. The number of halogens is 1. The summed E-state index contributed by atoms with van der Waals surface area (Å²) in [5.74, 6) is -0.652. The van der Waals surface area contributed by atoms with Gasteiger partial charge in [0.05, 0.1) is 6.54 Å². The van der Waals surface area contributed by atoms with Gasteiger partial charge in [0.1, 0.15) is 12.1 Å². The Morgan fingerprint density at radius 2 is 1.92 bits per heavy atom. The third-order valence-electron chi connectivity index (χ3n) is 3.52. The van der Waals surface area contributed by atoms with E-state index in [1.807, 2.05) is 13.8 Å². The van der Waals surface area contributed by atoms with E-state index in [1.54, 1.807) is 4.90 Å². The van der Waals surface area contributed by atoms with Gasteiger partial charge in [0, 0.05) is 18.7 Å². The van der Waals surface area contributed by atoms with Crippen molar-refractivity contribution in [2.24, 2.45) is 0 Å². The SMILES string of the molecule is CCCNC(=O)c1coc(CN(CCC)C(=O)c2ccc(F)cc2)n1. The van der Waals surface area contributed by atoms with Crippen molar-refractivity contribution in [2.75, 3.05) is 13.1 Å². The Labute approximate surface area is 146 Å². The van der Waals surface area contributed by atoms with Gasteiger partial charge in [-0.1, -0.05) is 13.8 Å². The molecule has 2 rings (SSSR count). The first-order valence-electron chi connectivity index (χ1n) is 8.32. The van der Waals surface area contributed by atoms with Crippen molar-refractivity contribution in [3.05, 3.63) is 53.5 Å². The number of carbonyl (C=O) groups excluding carboxylic acids is 2. The number of oxazole rings is 1. The van der Waals surface area contributed by atoms with E-state index in [-0.39, 0.29) is 29.9 Å². The quantitative estimate of drug-likeness (QED) is 0.796. The van der Waals surface area contributed by atoms with E-state index < -0.39 is 5.82 Å². The van der Waals surface area contributed by atoms with Crippen LogP contribution in [-0.2, 0) is 6.54 Å². The van der Waals surface area contributed by atoms with E-state index in [0.717, 1.165) is 12.8 Å². The van der Waals surface area contributed by atoms with Crippen LogP contribution in [0.5, 0.6) is 0 Å². The lowest BCUT2D eigenvalue weighted by molar-refractivity contribution is 0.0728. The van der Waals surface area contributed by atoms with Crippen LogP contribution in [0.1, 0.15) is 53.4 Å². The molecule has 0 unspecified atom stereocenters. The number of benzene rings is 1. The fourth-order valence-electron chi connectivity index (χ4n) is 2.28. The zero-order chi connectivity index (χ0) is 18.2. The third kappa shape index (κ3) is 5.14. The van der Waals surface area contributed by atoms with Crippen LogP contribution in [0.3, 0.4) is 0 Å². The molecule has 0 fully saturated rings. The zero-order valence-corrected chi connectivity index (χ0v) is 14.4. The first-order valence-corrected chi connectivity index (χ1v) is 8.32. The molecule has 0 saturated carbocycles. The molecular weight excluding hydrogens is 325 g/mol. The van der Waals surface area contributed by atoms with E-state index in [9.17, 15) is 14.0 Å². The van der Waals surface area contributed by atoms with Gasteiger partial charge >= 0.3 is 0 Å². The van der Waals surface area contributed by atoms with Crippen molar-refractivity contribution in [1.82, 2.24) is 15.2 Å². The number of hydrogen-bond acceptors (Lipinski definition) is 4. The van der Waals surface area contributed by atoms with E-state index in [4.69, 9.17) is 4.42 Å². The zero-order valence-electron chi connectivity index (χ0n) is 14.4. The van der Waals surface area contributed by atoms with Gasteiger partial charge < -0.3 is 14.6 Å². The molecule has 0 spiro atoms. The molecule has 1 aromatic carbocycles. The van der Waals surface area contributed by atoms with Gasteiger partial charge in [-0.05, 0) is 37.1 Å². The van der Waals surface area contributed by atoms with Crippen LogP contribution in [0.2, 0.25) is 0 Å². The number of rotatable bonds is 8. The Morgan fingerprint density at radius 1 is 1.20 bits per heavy atom. The van der Waals surface area contributed by atoms with Gasteiger partial charge in [-0.25, -0.2) is 9.37 Å². The summed E-state index contributed by atoms with van der Waals surface area (Å²) in [7, 11) is 0. The first-order chi connectivity index (χ1) is 12.0. The Morgan fingerprint density at radius 3 is 2.56 bits per heavy atom. The van der Waals surface area contributed by atoms with Gasteiger partial charge in [0.15, 0.2) is 5.69 Å². The Bertz CT molecular complexity index is 713. The number of aromatic nitrogens is 1. The standard InChI is InChI=1S/C18H22FN3O3/c1-3-9-20-17(23)15-12-25-16(21-15)11-22(10-4-2)18(24)13-5-7-14(19)8-6-13/h5-8,12H,3-4,9-11H2,1-2H3,(H,20,23). The van der Waals surface area contributed by atoms with Crippen LogP contribution in [-0.4, -0.2) is 34.8 Å². The summed E-state index contributed by atoms with van der Waals surface area (Å²) in [5, 5.41) is 2.72. The minimum Gasteiger partial charge on any atom is -0.446 e. The molecule has 1 aromatic heterocycles. The maximum atomic E-state index is 13.0. The molecule has 0 aliphatic carbocycles. The molecule has 1 N–H and O–H groups in total. The largest absolute Gasteiger partial charge is 0.446 e. The number of nitrogens with zero attached hydrogens (tertiary/aromatic N) is 2. The lowest BCUT2D eigenvalue weighted by atomic mass is 10.2. The van der Waals surface area contributed by atoms with Gasteiger partial charge in [-0.2, -0.15) is 0 Å². The molecule has 2 aromatic rings. The molecule has 6 nitrogen and oxygen atoms in total. The summed E-state index contributed by atoms with van der Waals surface area (Å²) in [5.41, 5.74) is 0.580. The fraction of sp³-hybridized carbons (Fsp3) is 0.389. The van der Waals surface area contributed by atoms with Crippen molar-refractivity contribution >= 4 is 11.8 Å². The molecule has 25 heavy (non-hydrogen) atoms. The Hall–Kier alpha value is -2.70. The molecule has 0 atom stereocenters. The molecule has 0 aliphatic rings. The van der Waals surface area contributed by atoms with Crippen LogP contribution >= 0.6 is 0 Å². The summed E-state index contributed by atoms with van der Waals surface area (Å²) < 4.78 is 18.3. The number of carbonyl (C=O) groups is 2. The smallest absolute Gasteiger partial charge is 0.273 e. The summed E-state index contributed by atoms with van der Waals surface area (Å²) in [6.07, 6.45) is 2.86. The van der Waals surface area contributed by atoms with Crippen molar-refractivity contribution in [1.29, 1.82) is 0 Å². The van der Waals surface area contributed by atoms with E-state index in [1.165, 1.54) is 30.5 Å². The molecule has 0 aliphatic heterocycles. The highest BCUT2D eigenvalue weighted by Gasteiger charge is 2.19. The van der Waals surface area contributed by atoms with Crippen molar-refractivity contribution in [3.8, 4) is 0 Å². The predicted octanol–water partition coefficient (Wildman–Crippen LogP) is 3.01. The second-order valence-electron chi connectivity index (χ2n) is 5.62.